The molecule has 0 spiro atoms. The van der Waals surface area contributed by atoms with Gasteiger partial charge in [0.1, 0.15) is 11.5 Å². The van der Waals surface area contributed by atoms with Gasteiger partial charge in [-0.25, -0.2) is 8.42 Å². The normalized spacial score (nSPS) is 15.1. The van der Waals surface area contributed by atoms with Crippen LogP contribution < -0.4 is 10.2 Å². The minimum absolute atomic E-state index is 0.134. The molecule has 0 unspecified atom stereocenters. The number of amides is 1. The van der Waals surface area contributed by atoms with Gasteiger partial charge in [-0.2, -0.15) is 0 Å². The van der Waals surface area contributed by atoms with Gasteiger partial charge in [0, 0.05) is 17.9 Å². The van der Waals surface area contributed by atoms with Gasteiger partial charge in [0.25, 0.3) is 5.91 Å². The van der Waals surface area contributed by atoms with Gasteiger partial charge in [-0.05, 0) is 23.8 Å². The maximum atomic E-state index is 12.4. The highest BCUT2D eigenvalue weighted by atomic mass is 35.5. The predicted octanol–water partition coefficient (Wildman–Crippen LogP) is 1.46. The molecule has 8 heteroatoms. The van der Waals surface area contributed by atoms with Crippen LogP contribution in [0.25, 0.3) is 0 Å². The van der Waals surface area contributed by atoms with Gasteiger partial charge in [0.05, 0.1) is 31.9 Å². The zero-order valence-electron chi connectivity index (χ0n) is 15.0. The summed E-state index contributed by atoms with van der Waals surface area (Å²) in [6.07, 6.45) is 2.49. The molecule has 0 atom stereocenters. The molecule has 0 aliphatic carbocycles. The van der Waals surface area contributed by atoms with E-state index in [-0.39, 0.29) is 28.9 Å². The third kappa shape index (κ3) is 5.82. The third-order valence-corrected chi connectivity index (χ3v) is 6.50. The highest BCUT2D eigenvalue weighted by Crippen LogP contribution is 2.20. The molecular formula is C19H24ClN2O4S+. The van der Waals surface area contributed by atoms with Crippen molar-refractivity contribution in [2.75, 3.05) is 26.2 Å². The molecule has 1 fully saturated rings. The van der Waals surface area contributed by atoms with Gasteiger partial charge in [0.15, 0.2) is 15.6 Å². The molecule has 1 aromatic heterocycles. The molecule has 1 aliphatic heterocycles. The minimum atomic E-state index is -3.46. The van der Waals surface area contributed by atoms with Gasteiger partial charge < -0.3 is 14.6 Å². The average Bonchev–Trinajstić information content (AvgIpc) is 3.28. The molecule has 2 N–H and O–H groups in total. The number of likely N-dealkylation sites (tertiary alicyclic amines) is 1. The van der Waals surface area contributed by atoms with Gasteiger partial charge in [-0.15, -0.1) is 0 Å². The topological polar surface area (TPSA) is 80.8 Å². The number of furan rings is 1. The second-order valence-corrected chi connectivity index (χ2v) is 9.32. The molecular weight excluding hydrogens is 388 g/mol. The van der Waals surface area contributed by atoms with Crippen LogP contribution in [0.15, 0.2) is 40.8 Å². The first-order valence-corrected chi connectivity index (χ1v) is 11.3. The lowest BCUT2D eigenvalue weighted by molar-refractivity contribution is -0.886. The zero-order chi connectivity index (χ0) is 19.3. The van der Waals surface area contributed by atoms with Crippen molar-refractivity contribution in [1.82, 2.24) is 5.32 Å². The summed E-state index contributed by atoms with van der Waals surface area (Å²) >= 11 is 6.03. The monoisotopic (exact) mass is 411 g/mol. The smallest absolute Gasteiger partial charge is 0.287 e. The fraction of sp³-hybridized carbons (Fsp3) is 0.421. The van der Waals surface area contributed by atoms with Gasteiger partial charge >= 0.3 is 0 Å². The maximum Gasteiger partial charge on any atom is 0.287 e. The number of carbonyl (C=O) groups excluding carboxylic acids is 1. The van der Waals surface area contributed by atoms with Crippen molar-refractivity contribution < 1.29 is 22.5 Å². The molecule has 2 heterocycles. The molecule has 0 radical (unpaired) electrons. The van der Waals surface area contributed by atoms with E-state index in [2.05, 4.69) is 5.32 Å². The molecule has 1 aromatic carbocycles. The van der Waals surface area contributed by atoms with Crippen LogP contribution in [0.4, 0.5) is 0 Å². The van der Waals surface area contributed by atoms with E-state index < -0.39 is 9.84 Å². The second kappa shape index (κ2) is 8.91. The Bertz CT molecular complexity index is 889. The summed E-state index contributed by atoms with van der Waals surface area (Å²) in [7, 11) is -3.46. The van der Waals surface area contributed by atoms with Crippen molar-refractivity contribution in [3.63, 3.8) is 0 Å². The Morgan fingerprint density at radius 2 is 1.85 bits per heavy atom. The molecule has 146 valence electrons. The molecule has 1 saturated heterocycles. The maximum absolute atomic E-state index is 12.4. The number of nitrogens with one attached hydrogen (secondary N) is 2. The fourth-order valence-electron chi connectivity index (χ4n) is 3.26. The van der Waals surface area contributed by atoms with E-state index in [1.807, 2.05) is 0 Å². The highest BCUT2D eigenvalue weighted by molar-refractivity contribution is 7.89. The van der Waals surface area contributed by atoms with Crippen LogP contribution in [0.3, 0.4) is 0 Å². The first-order valence-electron chi connectivity index (χ1n) is 9.07. The number of sulfone groups is 1. The standard InChI is InChI=1S/C19H23ClN2O4S/c20-17-6-2-1-5-15(17)13-27(24,25)14-16-7-8-18(26-16)19(23)21-9-12-22-10-3-4-11-22/h1-2,5-8H,3-4,9-14H2,(H,21,23)/p+1. The summed E-state index contributed by atoms with van der Waals surface area (Å²) in [5, 5.41) is 3.25. The van der Waals surface area contributed by atoms with Crippen molar-refractivity contribution in [1.29, 1.82) is 0 Å². The van der Waals surface area contributed by atoms with E-state index in [4.69, 9.17) is 16.0 Å². The van der Waals surface area contributed by atoms with E-state index in [0.717, 1.165) is 19.6 Å². The molecule has 27 heavy (non-hydrogen) atoms. The predicted molar refractivity (Wildman–Crippen MR) is 104 cm³/mol. The molecule has 3 rings (SSSR count). The Hall–Kier alpha value is -1.83. The van der Waals surface area contributed by atoms with Gasteiger partial charge in [0.2, 0.25) is 0 Å². The van der Waals surface area contributed by atoms with Crippen molar-refractivity contribution in [3.05, 3.63) is 58.5 Å². The number of benzene rings is 1. The van der Waals surface area contributed by atoms with E-state index in [0.29, 0.717) is 17.1 Å². The summed E-state index contributed by atoms with van der Waals surface area (Å²) in [5.74, 6) is -0.383. The fourth-order valence-corrected chi connectivity index (χ4v) is 4.96. The van der Waals surface area contributed by atoms with Crippen LogP contribution in [0, 0.1) is 0 Å². The summed E-state index contributed by atoms with van der Waals surface area (Å²) in [6.45, 7) is 3.79. The first kappa shape index (κ1) is 19.9. The van der Waals surface area contributed by atoms with E-state index in [9.17, 15) is 13.2 Å². The van der Waals surface area contributed by atoms with Crippen LogP contribution in [0.2, 0.25) is 5.02 Å². The highest BCUT2D eigenvalue weighted by Gasteiger charge is 2.20. The van der Waals surface area contributed by atoms with Crippen LogP contribution in [-0.2, 0) is 21.3 Å². The number of hydrogen-bond acceptors (Lipinski definition) is 4. The van der Waals surface area contributed by atoms with E-state index in [1.54, 1.807) is 24.3 Å². The number of halogens is 1. The molecule has 0 saturated carbocycles. The minimum Gasteiger partial charge on any atom is -0.455 e. The molecule has 6 nitrogen and oxygen atoms in total. The number of hydrogen-bond donors (Lipinski definition) is 2. The quantitative estimate of drug-likeness (QED) is 0.689. The number of quaternary nitrogens is 1. The van der Waals surface area contributed by atoms with Crippen molar-refractivity contribution in [3.8, 4) is 0 Å². The number of carbonyl (C=O) groups is 1. The first-order chi connectivity index (χ1) is 12.9. The lowest BCUT2D eigenvalue weighted by Gasteiger charge is -2.11. The zero-order valence-corrected chi connectivity index (χ0v) is 16.6. The summed E-state index contributed by atoms with van der Waals surface area (Å²) in [5.41, 5.74) is 0.549. The number of rotatable bonds is 8. The largest absolute Gasteiger partial charge is 0.455 e. The van der Waals surface area contributed by atoms with E-state index >= 15 is 0 Å². The van der Waals surface area contributed by atoms with Crippen molar-refractivity contribution in [2.24, 2.45) is 0 Å². The Kier molecular flexibility index (Phi) is 6.57. The average molecular weight is 412 g/mol. The Morgan fingerprint density at radius 1 is 1.11 bits per heavy atom. The van der Waals surface area contributed by atoms with Gasteiger partial charge in [-0.3, -0.25) is 4.79 Å². The third-order valence-electron chi connectivity index (χ3n) is 4.66. The summed E-state index contributed by atoms with van der Waals surface area (Å²) < 4.78 is 30.2. The summed E-state index contributed by atoms with van der Waals surface area (Å²) in [4.78, 5) is 13.7. The SMILES string of the molecule is O=C(NCC[NH+]1CCCC1)c1ccc(CS(=O)(=O)Cc2ccccc2Cl)o1. The van der Waals surface area contributed by atoms with Crippen LogP contribution >= 0.6 is 11.6 Å². The molecule has 1 aliphatic rings. The van der Waals surface area contributed by atoms with Crippen molar-refractivity contribution >= 4 is 27.3 Å². The Labute approximate surface area is 164 Å². The Morgan fingerprint density at radius 3 is 2.59 bits per heavy atom. The lowest BCUT2D eigenvalue weighted by Crippen LogP contribution is -3.10. The Balaban J connectivity index is 1.53. The van der Waals surface area contributed by atoms with Crippen LogP contribution in [-0.4, -0.2) is 40.5 Å². The second-order valence-electron chi connectivity index (χ2n) is 6.85. The lowest BCUT2D eigenvalue weighted by atomic mass is 10.2. The van der Waals surface area contributed by atoms with Crippen LogP contribution in [0.5, 0.6) is 0 Å². The van der Waals surface area contributed by atoms with Crippen LogP contribution in [0.1, 0.15) is 34.7 Å². The van der Waals surface area contributed by atoms with Crippen molar-refractivity contribution in [2.45, 2.75) is 24.3 Å². The summed E-state index contributed by atoms with van der Waals surface area (Å²) in [6, 6.07) is 9.88. The molecule has 0 bridgehead atoms. The van der Waals surface area contributed by atoms with Gasteiger partial charge in [-0.1, -0.05) is 29.8 Å². The molecule has 2 aromatic rings. The molecule has 1 amide bonds. The van der Waals surface area contributed by atoms with E-state index in [1.165, 1.54) is 29.9 Å².